The molecule has 0 saturated carbocycles. The van der Waals surface area contributed by atoms with Crippen LogP contribution in [0.25, 0.3) is 0 Å². The van der Waals surface area contributed by atoms with Gasteiger partial charge in [0.2, 0.25) is 11.8 Å². The van der Waals surface area contributed by atoms with Crippen LogP contribution in [0.15, 0.2) is 72.8 Å². The number of aliphatic carboxylic acids is 1. The summed E-state index contributed by atoms with van der Waals surface area (Å²) in [4.78, 5) is 60.6. The molecule has 0 saturated heterocycles. The molecule has 3 aromatic rings. The Balaban J connectivity index is -0.000000191. The molecule has 0 aromatic heterocycles. The van der Waals surface area contributed by atoms with Crippen molar-refractivity contribution in [3.05, 3.63) is 106 Å². The number of amides is 2. The van der Waals surface area contributed by atoms with Crippen LogP contribution in [0.4, 0.5) is 0 Å². The van der Waals surface area contributed by atoms with Crippen molar-refractivity contribution in [2.75, 3.05) is 7.11 Å². The molecule has 2 amide bonds. The number of nitrogens with one attached hydrogen (secondary N) is 2. The smallest absolute Gasteiger partial charge is 0.870 e. The van der Waals surface area contributed by atoms with Crippen LogP contribution in [0.3, 0.4) is 0 Å². The van der Waals surface area contributed by atoms with Gasteiger partial charge < -0.3 is 51.7 Å². The summed E-state index contributed by atoms with van der Waals surface area (Å²) in [7, 11) is 1.00. The number of esters is 3. The normalized spacial score (nSPS) is 8.57. The largest absolute Gasteiger partial charge is 1.00 e. The van der Waals surface area contributed by atoms with Gasteiger partial charge in [-0.1, -0.05) is 72.8 Å². The maximum absolute atomic E-state index is 10.7. The van der Waals surface area contributed by atoms with Gasteiger partial charge in [-0.05, 0) is 33.4 Å². The van der Waals surface area contributed by atoms with Crippen LogP contribution in [0.5, 0.6) is 0 Å². The predicted octanol–water partition coefficient (Wildman–Crippen LogP) is -0.539. The molecule has 0 aliphatic rings. The van der Waals surface area contributed by atoms with E-state index in [0.717, 1.165) is 47.4 Å². The quantitative estimate of drug-likeness (QED) is 0.0821. The Kier molecular flexibility index (Phi) is 40.9. The van der Waals surface area contributed by atoms with Crippen molar-refractivity contribution in [1.29, 1.82) is 0 Å². The number of hydrogen-bond acceptors (Lipinski definition) is 13. The van der Waals surface area contributed by atoms with Gasteiger partial charge in [-0.2, -0.15) is 0 Å². The first-order valence-corrected chi connectivity index (χ1v) is 15.6. The Hall–Kier alpha value is -4.92. The minimum absolute atomic E-state index is 0. The summed E-state index contributed by atoms with van der Waals surface area (Å²) in [5.41, 5.74) is 11.1. The van der Waals surface area contributed by atoms with E-state index in [2.05, 4.69) is 15.4 Å². The van der Waals surface area contributed by atoms with Gasteiger partial charge in [-0.25, -0.2) is 0 Å². The first kappa shape index (κ1) is 58.4. The SMILES string of the molecule is CC(=O)NCc1cccc(CO)c1.CC(=O)NCc1cccc(COC(C)=O)c1.CC(=O)O.CC(=O)OC(C)=O.CO.NCc1cccc(CO)c1.[Li+].[OH-]. The number of carbonyl (C=O) groups is 6. The van der Waals surface area contributed by atoms with E-state index in [1.54, 1.807) is 0 Å². The van der Waals surface area contributed by atoms with Gasteiger partial charge in [-0.15, -0.1) is 0 Å². The van der Waals surface area contributed by atoms with Crippen molar-refractivity contribution in [2.45, 2.75) is 81.0 Å². The molecule has 0 atom stereocenters. The van der Waals surface area contributed by atoms with Crippen LogP contribution >= 0.6 is 0 Å². The minimum atomic E-state index is -0.833. The van der Waals surface area contributed by atoms with Gasteiger partial charge in [-0.3, -0.25) is 28.8 Å². The number of aliphatic hydroxyl groups excluding tert-OH is 3. The van der Waals surface area contributed by atoms with E-state index in [1.807, 2.05) is 72.8 Å². The van der Waals surface area contributed by atoms with Crippen LogP contribution < -0.4 is 35.2 Å². The second kappa shape index (κ2) is 37.8. The summed E-state index contributed by atoms with van der Waals surface area (Å²) >= 11 is 0. The van der Waals surface area contributed by atoms with E-state index in [0.29, 0.717) is 19.6 Å². The molecule has 0 heterocycles. The first-order valence-electron chi connectivity index (χ1n) is 15.6. The van der Waals surface area contributed by atoms with Crippen LogP contribution in [0, 0.1) is 0 Å². The summed E-state index contributed by atoms with van der Waals surface area (Å²) in [5, 5.41) is 37.4. The minimum Gasteiger partial charge on any atom is -0.870 e. The Morgan fingerprint density at radius 2 is 0.907 bits per heavy atom. The fourth-order valence-electron chi connectivity index (χ4n) is 3.36. The van der Waals surface area contributed by atoms with Gasteiger partial charge >= 0.3 is 36.8 Å². The van der Waals surface area contributed by atoms with Gasteiger partial charge in [0.15, 0.2) is 0 Å². The van der Waals surface area contributed by atoms with Gasteiger partial charge in [0.05, 0.1) is 13.2 Å². The third kappa shape index (κ3) is 39.9. The summed E-state index contributed by atoms with van der Waals surface area (Å²) in [5.74, 6) is -2.37. The van der Waals surface area contributed by atoms with E-state index < -0.39 is 17.9 Å². The third-order valence-corrected chi connectivity index (χ3v) is 5.39. The predicted molar refractivity (Wildman–Crippen MR) is 195 cm³/mol. The Morgan fingerprint density at radius 3 is 1.20 bits per heavy atom. The average Bonchev–Trinajstić information content (AvgIpc) is 3.10. The van der Waals surface area contributed by atoms with E-state index in [1.165, 1.54) is 34.6 Å². The number of ether oxygens (including phenoxy) is 2. The van der Waals surface area contributed by atoms with Crippen LogP contribution in [-0.2, 0) is 77.7 Å². The second-order valence-corrected chi connectivity index (χ2v) is 10.2. The standard InChI is InChI=1S/C12H15NO3.C10H13NO2.C8H11NO.C4H6O3.C2H4O2.CH4O.Li.H2O/c1-9(14)13-7-11-4-3-5-12(6-11)8-16-10(2)15;1-8(13)11-6-9-3-2-4-10(5-9)7-12;9-5-7-2-1-3-8(4-7)6-10;1-3(5)7-4(2)6;1-2(3)4;1-2;;/h3-6H,7-8H2,1-2H3,(H,13,14);2-5,12H,6-7H2,1H3,(H,11,13);1-4,10H,5-6,9H2;1-2H3;1H3,(H,3,4);2H,1H3;;1H2/q;;;;;;+1;/p-1. The Bertz CT molecular complexity index is 1440. The van der Waals surface area contributed by atoms with Crippen molar-refractivity contribution >= 4 is 35.7 Å². The first-order chi connectivity index (χ1) is 24.5. The Labute approximate surface area is 328 Å². The van der Waals surface area contributed by atoms with Crippen LogP contribution in [0.2, 0.25) is 0 Å². The van der Waals surface area contributed by atoms with Crippen molar-refractivity contribution in [3.63, 3.8) is 0 Å². The molecule has 0 aliphatic heterocycles. The summed E-state index contributed by atoms with van der Waals surface area (Å²) in [6.45, 7) is 9.72. The third-order valence-electron chi connectivity index (χ3n) is 5.39. The maximum Gasteiger partial charge on any atom is 1.00 e. The summed E-state index contributed by atoms with van der Waals surface area (Å²) in [6.07, 6.45) is 0. The molecule has 9 N–H and O–H groups in total. The number of carboxylic acid groups (broad SMARTS) is 1. The van der Waals surface area contributed by atoms with E-state index in [9.17, 15) is 24.0 Å². The molecule has 3 aromatic carbocycles. The monoisotopic (exact) mass is 755 g/mol. The zero-order valence-electron chi connectivity index (χ0n) is 32.3. The molecule has 0 aliphatic carbocycles. The molecule has 54 heavy (non-hydrogen) atoms. The zero-order chi connectivity index (χ0) is 40.5. The second-order valence-electron chi connectivity index (χ2n) is 10.2. The number of aliphatic hydroxyl groups is 3. The molecule has 3 rings (SSSR count). The van der Waals surface area contributed by atoms with Gasteiger partial charge in [0.1, 0.15) is 6.61 Å². The van der Waals surface area contributed by atoms with E-state index in [-0.39, 0.29) is 61.9 Å². The molecular weight excluding hydrogens is 701 g/mol. The molecule has 0 bridgehead atoms. The van der Waals surface area contributed by atoms with E-state index in [4.69, 9.17) is 35.7 Å². The number of benzene rings is 3. The van der Waals surface area contributed by atoms with Gasteiger partial charge in [0, 0.05) is 68.3 Å². The molecule has 17 heteroatoms. The van der Waals surface area contributed by atoms with Crippen molar-refractivity contribution in [1.82, 2.24) is 10.6 Å². The average molecular weight is 756 g/mol. The molecular formula is C37H54LiN3O13. The number of carbonyl (C=O) groups excluding carboxylic acids is 5. The van der Waals surface area contributed by atoms with Crippen molar-refractivity contribution < 1.29 is 83.0 Å². The number of carboxylic acids is 1. The van der Waals surface area contributed by atoms with Crippen molar-refractivity contribution in [2.24, 2.45) is 5.73 Å². The molecule has 0 radical (unpaired) electrons. The number of hydrogen-bond donors (Lipinski definition) is 7. The summed E-state index contributed by atoms with van der Waals surface area (Å²) < 4.78 is 8.85. The molecule has 16 nitrogen and oxygen atoms in total. The topological polar surface area (TPSA) is 282 Å². The van der Waals surface area contributed by atoms with Gasteiger partial charge in [0.25, 0.3) is 5.97 Å². The molecule has 0 unspecified atom stereocenters. The van der Waals surface area contributed by atoms with Crippen molar-refractivity contribution in [3.8, 4) is 0 Å². The van der Waals surface area contributed by atoms with Crippen LogP contribution in [-0.4, -0.2) is 68.7 Å². The fourth-order valence-corrected chi connectivity index (χ4v) is 3.36. The maximum atomic E-state index is 10.7. The van der Waals surface area contributed by atoms with Crippen LogP contribution in [0.1, 0.15) is 74.9 Å². The fraction of sp³-hybridized carbons (Fsp3) is 0.351. The molecule has 0 spiro atoms. The zero-order valence-corrected chi connectivity index (χ0v) is 32.3. The molecule has 296 valence electrons. The summed E-state index contributed by atoms with van der Waals surface area (Å²) in [6, 6.07) is 22.7. The Morgan fingerprint density at radius 1 is 0.593 bits per heavy atom. The number of rotatable bonds is 9. The van der Waals surface area contributed by atoms with E-state index >= 15 is 0 Å². The molecule has 0 fully saturated rings. The number of nitrogens with two attached hydrogens (primary N) is 1.